The van der Waals surface area contributed by atoms with Gasteiger partial charge in [-0.3, -0.25) is 4.72 Å². The third-order valence-electron chi connectivity index (χ3n) is 3.06. The number of anilines is 1. The molecular weight excluding hydrogens is 432 g/mol. The second-order valence-corrected chi connectivity index (χ2v) is 8.89. The molecule has 0 heterocycles. The minimum atomic E-state index is -4.07. The molecule has 2 aromatic carbocycles. The van der Waals surface area contributed by atoms with Crippen molar-refractivity contribution in [3.63, 3.8) is 0 Å². The Hall–Kier alpha value is -1.88. The van der Waals surface area contributed by atoms with Crippen LogP contribution in [0, 0.1) is 0 Å². The minimum absolute atomic E-state index is 0.129. The summed E-state index contributed by atoms with van der Waals surface area (Å²) < 4.78 is 55.7. The van der Waals surface area contributed by atoms with Crippen LogP contribution in [0.1, 0.15) is 5.56 Å². The maximum atomic E-state index is 12.3. The van der Waals surface area contributed by atoms with E-state index in [9.17, 15) is 16.8 Å². The molecule has 0 unspecified atom stereocenters. The first-order chi connectivity index (χ1) is 11.6. The summed E-state index contributed by atoms with van der Waals surface area (Å²) in [6, 6.07) is 10.6. The summed E-state index contributed by atoms with van der Waals surface area (Å²) in [5, 5.41) is 6.01. The van der Waals surface area contributed by atoms with Gasteiger partial charge < -0.3 is 4.74 Å². The van der Waals surface area contributed by atoms with Crippen LogP contribution in [0.25, 0.3) is 6.08 Å². The Balaban J connectivity index is 2.35. The molecule has 0 bridgehead atoms. The van der Waals surface area contributed by atoms with Gasteiger partial charge >= 0.3 is 0 Å². The Morgan fingerprint density at radius 3 is 2.44 bits per heavy atom. The standard InChI is InChI=1S/C15H15BrN2O5S2/c1-23-14-7-6-12(16)10-11(14)8-9-24(19,20)18-13-4-2-3-5-15(13)25(17,21)22/h2-10,18H,1H3,(H2,17,21,22). The van der Waals surface area contributed by atoms with Crippen LogP contribution in [-0.4, -0.2) is 23.9 Å². The predicted octanol–water partition coefficient (Wildman–Crippen LogP) is 2.52. The molecule has 0 fully saturated rings. The van der Waals surface area contributed by atoms with Gasteiger partial charge in [0.25, 0.3) is 10.0 Å². The van der Waals surface area contributed by atoms with E-state index in [2.05, 4.69) is 20.7 Å². The Bertz CT molecular complexity index is 1020. The number of hydrogen-bond donors (Lipinski definition) is 2. The van der Waals surface area contributed by atoms with Crippen molar-refractivity contribution < 1.29 is 21.6 Å². The number of benzene rings is 2. The number of para-hydroxylation sites is 1. The lowest BCUT2D eigenvalue weighted by molar-refractivity contribution is 0.414. The van der Waals surface area contributed by atoms with Gasteiger partial charge in [0.1, 0.15) is 10.6 Å². The van der Waals surface area contributed by atoms with E-state index < -0.39 is 20.0 Å². The highest BCUT2D eigenvalue weighted by Gasteiger charge is 2.16. The minimum Gasteiger partial charge on any atom is -0.496 e. The third kappa shape index (κ3) is 5.30. The molecule has 134 valence electrons. The number of halogens is 1. The molecule has 7 nitrogen and oxygen atoms in total. The smallest absolute Gasteiger partial charge is 0.255 e. The molecule has 0 radical (unpaired) electrons. The molecule has 0 spiro atoms. The predicted molar refractivity (Wildman–Crippen MR) is 100 cm³/mol. The number of ether oxygens (including phenoxy) is 1. The molecule has 0 amide bonds. The molecule has 0 aliphatic carbocycles. The Morgan fingerprint density at radius 2 is 1.80 bits per heavy atom. The number of sulfonamides is 2. The number of methoxy groups -OCH3 is 1. The molecule has 3 N–H and O–H groups in total. The summed E-state index contributed by atoms with van der Waals surface area (Å²) >= 11 is 3.30. The maximum Gasteiger partial charge on any atom is 0.255 e. The monoisotopic (exact) mass is 446 g/mol. The zero-order valence-electron chi connectivity index (χ0n) is 13.0. The number of nitrogens with two attached hydrogens (primary N) is 1. The van der Waals surface area contributed by atoms with Crippen molar-refractivity contribution in [2.45, 2.75) is 4.90 Å². The van der Waals surface area contributed by atoms with Gasteiger partial charge in [-0.2, -0.15) is 0 Å². The van der Waals surface area contributed by atoms with Crippen molar-refractivity contribution in [3.05, 3.63) is 57.9 Å². The van der Waals surface area contributed by atoms with Crippen LogP contribution in [0.15, 0.2) is 57.2 Å². The van der Waals surface area contributed by atoms with Gasteiger partial charge in [-0.1, -0.05) is 28.1 Å². The normalized spacial score (nSPS) is 12.3. The van der Waals surface area contributed by atoms with Crippen molar-refractivity contribution in [2.75, 3.05) is 11.8 Å². The summed E-state index contributed by atoms with van der Waals surface area (Å²) in [6.45, 7) is 0. The van der Waals surface area contributed by atoms with Crippen LogP contribution in [-0.2, 0) is 20.0 Å². The summed E-state index contributed by atoms with van der Waals surface area (Å²) in [4.78, 5) is -0.313. The van der Waals surface area contributed by atoms with E-state index in [1.165, 1.54) is 37.5 Å². The van der Waals surface area contributed by atoms with Crippen molar-refractivity contribution in [1.82, 2.24) is 0 Å². The van der Waals surface area contributed by atoms with Crippen molar-refractivity contribution in [2.24, 2.45) is 5.14 Å². The average molecular weight is 447 g/mol. The van der Waals surface area contributed by atoms with Crippen LogP contribution >= 0.6 is 15.9 Å². The molecule has 0 saturated heterocycles. The van der Waals surface area contributed by atoms with Gasteiger partial charge in [-0.15, -0.1) is 0 Å². The first kappa shape index (κ1) is 19.4. The molecule has 0 saturated carbocycles. The molecule has 2 rings (SSSR count). The molecule has 0 aliphatic rings. The SMILES string of the molecule is COc1ccc(Br)cc1C=CS(=O)(=O)Nc1ccccc1S(N)(=O)=O. The maximum absolute atomic E-state index is 12.3. The van der Waals surface area contributed by atoms with Crippen molar-refractivity contribution >= 4 is 47.7 Å². The molecule has 2 aromatic rings. The quantitative estimate of drug-likeness (QED) is 0.706. The molecule has 10 heteroatoms. The average Bonchev–Trinajstić information content (AvgIpc) is 2.52. The summed E-state index contributed by atoms with van der Waals surface area (Å²) in [7, 11) is -6.57. The fourth-order valence-corrected chi connectivity index (χ4v) is 4.00. The Kier molecular flexibility index (Phi) is 5.88. The van der Waals surface area contributed by atoms with Crippen molar-refractivity contribution in [1.29, 1.82) is 0 Å². The molecule has 0 aromatic heterocycles. The highest BCUT2D eigenvalue weighted by atomic mass is 79.9. The Labute approximate surface area is 154 Å². The lowest BCUT2D eigenvalue weighted by Gasteiger charge is -2.09. The number of primary sulfonamides is 1. The summed E-state index contributed by atoms with van der Waals surface area (Å²) in [5.41, 5.74) is 0.401. The molecule has 0 atom stereocenters. The third-order valence-corrected chi connectivity index (χ3v) is 5.53. The van der Waals surface area contributed by atoms with E-state index in [0.717, 1.165) is 9.88 Å². The van der Waals surface area contributed by atoms with Gasteiger partial charge in [0.2, 0.25) is 10.0 Å². The van der Waals surface area contributed by atoms with Crippen LogP contribution in [0.3, 0.4) is 0 Å². The van der Waals surface area contributed by atoms with Gasteiger partial charge in [-0.05, 0) is 36.4 Å². The van der Waals surface area contributed by atoms with Crippen LogP contribution in [0.2, 0.25) is 0 Å². The van der Waals surface area contributed by atoms with Gasteiger partial charge in [0.05, 0.1) is 18.2 Å². The first-order valence-electron chi connectivity index (χ1n) is 6.79. The first-order valence-corrected chi connectivity index (χ1v) is 10.7. The number of nitrogens with one attached hydrogen (secondary N) is 1. The second-order valence-electron chi connectivity index (χ2n) is 4.88. The number of hydrogen-bond acceptors (Lipinski definition) is 5. The fraction of sp³-hybridized carbons (Fsp3) is 0.0667. The largest absolute Gasteiger partial charge is 0.496 e. The van der Waals surface area contributed by atoms with E-state index in [-0.39, 0.29) is 10.6 Å². The van der Waals surface area contributed by atoms with Gasteiger partial charge in [0, 0.05) is 10.0 Å². The van der Waals surface area contributed by atoms with Crippen molar-refractivity contribution in [3.8, 4) is 5.75 Å². The van der Waals surface area contributed by atoms with E-state index in [4.69, 9.17) is 9.88 Å². The summed E-state index contributed by atoms with van der Waals surface area (Å²) in [5.74, 6) is 0.486. The summed E-state index contributed by atoms with van der Waals surface area (Å²) in [6.07, 6.45) is 1.34. The van der Waals surface area contributed by atoms with Crippen LogP contribution in [0.5, 0.6) is 5.75 Å². The van der Waals surface area contributed by atoms with Crippen LogP contribution in [0.4, 0.5) is 5.69 Å². The Morgan fingerprint density at radius 1 is 1.12 bits per heavy atom. The zero-order valence-corrected chi connectivity index (χ0v) is 16.2. The lowest BCUT2D eigenvalue weighted by Crippen LogP contribution is -2.17. The second kappa shape index (κ2) is 7.56. The van der Waals surface area contributed by atoms with E-state index in [0.29, 0.717) is 11.3 Å². The fourth-order valence-electron chi connectivity index (χ4n) is 1.98. The molecule has 25 heavy (non-hydrogen) atoms. The number of rotatable bonds is 6. The zero-order chi connectivity index (χ0) is 18.7. The van der Waals surface area contributed by atoms with E-state index in [1.807, 2.05) is 0 Å². The molecule has 0 aliphatic heterocycles. The highest BCUT2D eigenvalue weighted by Crippen LogP contribution is 2.25. The topological polar surface area (TPSA) is 116 Å². The lowest BCUT2D eigenvalue weighted by atomic mass is 10.2. The van der Waals surface area contributed by atoms with E-state index in [1.54, 1.807) is 18.2 Å². The van der Waals surface area contributed by atoms with Gasteiger partial charge in [0.15, 0.2) is 0 Å². The van der Waals surface area contributed by atoms with Crippen LogP contribution < -0.4 is 14.6 Å². The molecular formula is C15H15BrN2O5S2. The van der Waals surface area contributed by atoms with Gasteiger partial charge in [-0.25, -0.2) is 22.0 Å². The highest BCUT2D eigenvalue weighted by molar-refractivity contribution is 9.10. The van der Waals surface area contributed by atoms with E-state index >= 15 is 0 Å².